The van der Waals surface area contributed by atoms with Crippen molar-refractivity contribution in [2.24, 2.45) is 5.92 Å². The Morgan fingerprint density at radius 2 is 2.21 bits per heavy atom. The lowest BCUT2D eigenvalue weighted by Crippen LogP contribution is -2.34. The van der Waals surface area contributed by atoms with Crippen LogP contribution in [-0.4, -0.2) is 61.8 Å². The Morgan fingerprint density at radius 1 is 1.43 bits per heavy atom. The third-order valence-electron chi connectivity index (χ3n) is 5.17. The number of amides is 1. The van der Waals surface area contributed by atoms with E-state index in [0.29, 0.717) is 16.6 Å². The number of benzene rings is 1. The van der Waals surface area contributed by atoms with Crippen LogP contribution >= 0.6 is 11.6 Å². The smallest absolute Gasteiger partial charge is 0.337 e. The van der Waals surface area contributed by atoms with Crippen LogP contribution < -0.4 is 10.2 Å². The normalized spacial score (nSPS) is 20.0. The first-order valence-electron chi connectivity index (χ1n) is 9.47. The molecule has 1 amide bonds. The summed E-state index contributed by atoms with van der Waals surface area (Å²) in [5.74, 6) is -0.287. The number of aliphatic hydroxyl groups excluding tert-OH is 1. The van der Waals surface area contributed by atoms with Gasteiger partial charge in [-0.05, 0) is 37.0 Å². The second-order valence-corrected chi connectivity index (χ2v) is 7.69. The molecule has 0 aliphatic carbocycles. The van der Waals surface area contributed by atoms with Crippen molar-refractivity contribution in [3.8, 4) is 0 Å². The SMILES string of the molecule is COC(=O)C1=C(Nc2ccc(N3CCCC(C)C3)c(Cl)c2)C(=O)N(CCO)C1. The number of nitrogens with one attached hydrogen (secondary N) is 1. The third-order valence-corrected chi connectivity index (χ3v) is 5.47. The molecule has 3 rings (SSSR count). The van der Waals surface area contributed by atoms with Crippen molar-refractivity contribution in [1.29, 1.82) is 0 Å². The zero-order valence-electron chi connectivity index (χ0n) is 16.2. The predicted octanol–water partition coefficient (Wildman–Crippen LogP) is 2.25. The van der Waals surface area contributed by atoms with Crippen LogP contribution in [0.1, 0.15) is 19.8 Å². The molecule has 8 heteroatoms. The number of halogens is 1. The minimum atomic E-state index is -0.568. The van der Waals surface area contributed by atoms with E-state index >= 15 is 0 Å². The van der Waals surface area contributed by atoms with Crippen LogP contribution in [-0.2, 0) is 14.3 Å². The number of hydrogen-bond acceptors (Lipinski definition) is 6. The van der Waals surface area contributed by atoms with Gasteiger partial charge in [0.2, 0.25) is 0 Å². The standard InChI is InChI=1S/C20H26ClN3O4/c1-13-4-3-7-23(11-13)17-6-5-14(10-16(17)21)22-18-15(20(27)28-2)12-24(8-9-25)19(18)26/h5-6,10,13,22,25H,3-4,7-9,11-12H2,1-2H3. The molecule has 1 atom stereocenters. The molecule has 1 aromatic carbocycles. The molecule has 2 heterocycles. The summed E-state index contributed by atoms with van der Waals surface area (Å²) in [6, 6.07) is 5.55. The number of carbonyl (C=O) groups is 2. The van der Waals surface area contributed by atoms with E-state index in [2.05, 4.69) is 17.1 Å². The number of rotatable bonds is 6. The van der Waals surface area contributed by atoms with Crippen LogP contribution in [0.15, 0.2) is 29.5 Å². The average molecular weight is 408 g/mol. The molecule has 1 fully saturated rings. The van der Waals surface area contributed by atoms with Gasteiger partial charge in [-0.15, -0.1) is 0 Å². The number of methoxy groups -OCH3 is 1. The fourth-order valence-electron chi connectivity index (χ4n) is 3.74. The van der Waals surface area contributed by atoms with Crippen molar-refractivity contribution in [3.05, 3.63) is 34.5 Å². The van der Waals surface area contributed by atoms with Crippen LogP contribution in [0.25, 0.3) is 0 Å². The van der Waals surface area contributed by atoms with Gasteiger partial charge in [-0.1, -0.05) is 18.5 Å². The first kappa shape index (κ1) is 20.5. The molecule has 0 aromatic heterocycles. The lowest BCUT2D eigenvalue weighted by Gasteiger charge is -2.33. The summed E-state index contributed by atoms with van der Waals surface area (Å²) in [6.07, 6.45) is 2.37. The Bertz CT molecular complexity index is 796. The molecular weight excluding hydrogens is 382 g/mol. The van der Waals surface area contributed by atoms with Gasteiger partial charge in [0, 0.05) is 25.3 Å². The highest BCUT2D eigenvalue weighted by Crippen LogP contribution is 2.33. The van der Waals surface area contributed by atoms with Gasteiger partial charge in [0.1, 0.15) is 5.70 Å². The Labute approximate surface area is 169 Å². The van der Waals surface area contributed by atoms with Gasteiger partial charge < -0.3 is 25.0 Å². The van der Waals surface area contributed by atoms with E-state index in [4.69, 9.17) is 21.4 Å². The minimum absolute atomic E-state index is 0.103. The topological polar surface area (TPSA) is 82.1 Å². The maximum atomic E-state index is 12.6. The van der Waals surface area contributed by atoms with Crippen LogP contribution in [0.4, 0.5) is 11.4 Å². The second kappa shape index (κ2) is 8.84. The number of carbonyl (C=O) groups excluding carboxylic acids is 2. The molecule has 1 aromatic rings. The number of anilines is 2. The summed E-state index contributed by atoms with van der Waals surface area (Å²) < 4.78 is 4.80. The van der Waals surface area contributed by atoms with Crippen molar-refractivity contribution in [3.63, 3.8) is 0 Å². The van der Waals surface area contributed by atoms with E-state index in [0.717, 1.165) is 25.2 Å². The summed E-state index contributed by atoms with van der Waals surface area (Å²) in [5, 5.41) is 12.8. The highest BCUT2D eigenvalue weighted by molar-refractivity contribution is 6.33. The van der Waals surface area contributed by atoms with E-state index in [1.54, 1.807) is 6.07 Å². The van der Waals surface area contributed by atoms with Crippen LogP contribution in [0, 0.1) is 5.92 Å². The molecular formula is C20H26ClN3O4. The molecule has 2 aliphatic rings. The van der Waals surface area contributed by atoms with Gasteiger partial charge in [-0.25, -0.2) is 4.79 Å². The van der Waals surface area contributed by atoms with E-state index in [-0.39, 0.29) is 36.9 Å². The number of piperidine rings is 1. The average Bonchev–Trinajstić information content (AvgIpc) is 2.97. The largest absolute Gasteiger partial charge is 0.466 e. The van der Waals surface area contributed by atoms with E-state index in [9.17, 15) is 9.59 Å². The lowest BCUT2D eigenvalue weighted by atomic mass is 10.00. The van der Waals surface area contributed by atoms with Gasteiger partial charge in [-0.2, -0.15) is 0 Å². The zero-order valence-corrected chi connectivity index (χ0v) is 17.0. The number of aliphatic hydroxyl groups is 1. The van der Waals surface area contributed by atoms with Gasteiger partial charge in [-0.3, -0.25) is 4.79 Å². The van der Waals surface area contributed by atoms with E-state index in [1.807, 2.05) is 12.1 Å². The molecule has 0 radical (unpaired) electrons. The molecule has 7 nitrogen and oxygen atoms in total. The molecule has 1 unspecified atom stereocenters. The first-order valence-corrected chi connectivity index (χ1v) is 9.85. The van der Waals surface area contributed by atoms with Crippen molar-refractivity contribution in [1.82, 2.24) is 4.90 Å². The van der Waals surface area contributed by atoms with E-state index < -0.39 is 5.97 Å². The number of ether oxygens (including phenoxy) is 1. The number of esters is 1. The van der Waals surface area contributed by atoms with Crippen LogP contribution in [0.3, 0.4) is 0 Å². The Kier molecular flexibility index (Phi) is 6.46. The fraction of sp³-hybridized carbons (Fsp3) is 0.500. The fourth-order valence-corrected chi connectivity index (χ4v) is 4.04. The zero-order chi connectivity index (χ0) is 20.3. The van der Waals surface area contributed by atoms with Crippen molar-refractivity contribution in [2.45, 2.75) is 19.8 Å². The number of nitrogens with zero attached hydrogens (tertiary/aromatic N) is 2. The maximum absolute atomic E-state index is 12.6. The van der Waals surface area contributed by atoms with Crippen LogP contribution in [0.2, 0.25) is 5.02 Å². The van der Waals surface area contributed by atoms with Crippen molar-refractivity contribution in [2.75, 3.05) is 50.1 Å². The molecule has 2 aliphatic heterocycles. The highest BCUT2D eigenvalue weighted by atomic mass is 35.5. The Balaban J connectivity index is 1.82. The molecule has 2 N–H and O–H groups in total. The predicted molar refractivity (Wildman–Crippen MR) is 108 cm³/mol. The van der Waals surface area contributed by atoms with Gasteiger partial charge >= 0.3 is 5.97 Å². The minimum Gasteiger partial charge on any atom is -0.466 e. The molecule has 0 bridgehead atoms. The summed E-state index contributed by atoms with van der Waals surface area (Å²) in [7, 11) is 1.28. The number of β-amino-alcohol motifs (C(OH)–C–C–N with tert-alkyl or cyclic N) is 1. The number of hydrogen-bond donors (Lipinski definition) is 2. The lowest BCUT2D eigenvalue weighted by molar-refractivity contribution is -0.136. The second-order valence-electron chi connectivity index (χ2n) is 7.28. The molecule has 28 heavy (non-hydrogen) atoms. The summed E-state index contributed by atoms with van der Waals surface area (Å²) in [6.45, 7) is 4.26. The summed E-state index contributed by atoms with van der Waals surface area (Å²) in [5.41, 5.74) is 2.00. The van der Waals surface area contributed by atoms with Gasteiger partial charge in [0.15, 0.2) is 0 Å². The maximum Gasteiger partial charge on any atom is 0.337 e. The van der Waals surface area contributed by atoms with Gasteiger partial charge in [0.05, 0.1) is 36.5 Å². The summed E-state index contributed by atoms with van der Waals surface area (Å²) in [4.78, 5) is 28.4. The van der Waals surface area contributed by atoms with Crippen LogP contribution in [0.5, 0.6) is 0 Å². The quantitative estimate of drug-likeness (QED) is 0.704. The third kappa shape index (κ3) is 4.25. The Morgan fingerprint density at radius 3 is 2.86 bits per heavy atom. The van der Waals surface area contributed by atoms with Gasteiger partial charge in [0.25, 0.3) is 5.91 Å². The van der Waals surface area contributed by atoms with Crippen molar-refractivity contribution >= 4 is 34.9 Å². The van der Waals surface area contributed by atoms with Crippen molar-refractivity contribution < 1.29 is 19.4 Å². The molecule has 1 saturated heterocycles. The van der Waals surface area contributed by atoms with E-state index in [1.165, 1.54) is 18.4 Å². The first-order chi connectivity index (χ1) is 13.4. The highest BCUT2D eigenvalue weighted by Gasteiger charge is 2.34. The molecule has 0 saturated carbocycles. The molecule has 0 spiro atoms. The Hall–Kier alpha value is -2.25. The summed E-state index contributed by atoms with van der Waals surface area (Å²) >= 11 is 6.52. The monoisotopic (exact) mass is 407 g/mol. The molecule has 152 valence electrons.